The number of benzene rings is 1. The average Bonchev–Trinajstić information content (AvgIpc) is 2.38. The fourth-order valence-corrected chi connectivity index (χ4v) is 2.65. The molecule has 1 rings (SSSR count). The zero-order valence-corrected chi connectivity index (χ0v) is 14.4. The van der Waals surface area contributed by atoms with E-state index in [0.717, 1.165) is 29.8 Å². The van der Waals surface area contributed by atoms with Crippen molar-refractivity contribution in [2.24, 2.45) is 0 Å². The van der Waals surface area contributed by atoms with E-state index in [1.165, 1.54) is 17.1 Å². The van der Waals surface area contributed by atoms with Crippen molar-refractivity contribution in [1.29, 1.82) is 0 Å². The fourth-order valence-electron chi connectivity index (χ4n) is 1.63. The molecule has 19 heavy (non-hydrogen) atoms. The molecule has 0 spiro atoms. The van der Waals surface area contributed by atoms with E-state index in [-0.39, 0.29) is 0 Å². The number of halogens is 1. The first kappa shape index (κ1) is 16.9. The predicted octanol–water partition coefficient (Wildman–Crippen LogP) is 4.47. The third-order valence-electron chi connectivity index (χ3n) is 2.62. The number of hydrogen-bond acceptors (Lipinski definition) is 3. The van der Waals surface area contributed by atoms with Crippen LogP contribution in [0.5, 0.6) is 5.75 Å². The quantitative estimate of drug-likeness (QED) is 0.667. The number of ether oxygens (including phenoxy) is 1. The lowest BCUT2D eigenvalue weighted by atomic mass is 10.2. The molecular weight excluding hydrogens is 322 g/mol. The van der Waals surface area contributed by atoms with Crippen molar-refractivity contribution in [1.82, 2.24) is 5.32 Å². The number of rotatable bonds is 9. The van der Waals surface area contributed by atoms with E-state index in [1.807, 2.05) is 23.9 Å². The summed E-state index contributed by atoms with van der Waals surface area (Å²) in [5.74, 6) is 3.35. The van der Waals surface area contributed by atoms with Gasteiger partial charge >= 0.3 is 0 Å². The average molecular weight is 346 g/mol. The smallest absolute Gasteiger partial charge is 0.123 e. The third-order valence-corrected chi connectivity index (χ3v) is 4.10. The molecule has 1 N–H and O–H groups in total. The van der Waals surface area contributed by atoms with Crippen molar-refractivity contribution >= 4 is 27.7 Å². The zero-order chi connectivity index (χ0) is 14.1. The predicted molar refractivity (Wildman–Crippen MR) is 89.2 cm³/mol. The molecule has 108 valence electrons. The van der Waals surface area contributed by atoms with Gasteiger partial charge in [-0.15, -0.1) is 0 Å². The molecule has 0 atom stereocenters. The van der Waals surface area contributed by atoms with Gasteiger partial charge in [-0.3, -0.25) is 0 Å². The molecule has 0 aromatic heterocycles. The van der Waals surface area contributed by atoms with E-state index in [1.54, 1.807) is 0 Å². The van der Waals surface area contributed by atoms with Crippen molar-refractivity contribution in [2.45, 2.75) is 39.8 Å². The van der Waals surface area contributed by atoms with Gasteiger partial charge in [-0.1, -0.05) is 36.7 Å². The Balaban J connectivity index is 2.50. The van der Waals surface area contributed by atoms with E-state index < -0.39 is 0 Å². The molecule has 2 nitrogen and oxygen atoms in total. The van der Waals surface area contributed by atoms with E-state index in [9.17, 15) is 0 Å². The monoisotopic (exact) mass is 345 g/mol. The van der Waals surface area contributed by atoms with Crippen molar-refractivity contribution in [3.05, 3.63) is 28.2 Å². The largest absolute Gasteiger partial charge is 0.493 e. The van der Waals surface area contributed by atoms with Gasteiger partial charge in [0.25, 0.3) is 0 Å². The molecule has 0 fully saturated rings. The Morgan fingerprint density at radius 2 is 2.16 bits per heavy atom. The third kappa shape index (κ3) is 7.23. The number of thioether (sulfide) groups is 1. The SMILES string of the molecule is CCSCCCOc1ccc(Br)cc1CNC(C)C. The van der Waals surface area contributed by atoms with Crippen LogP contribution >= 0.6 is 27.7 Å². The molecule has 0 saturated heterocycles. The van der Waals surface area contributed by atoms with Crippen LogP contribution in [0.15, 0.2) is 22.7 Å². The zero-order valence-electron chi connectivity index (χ0n) is 12.0. The maximum atomic E-state index is 5.90. The van der Waals surface area contributed by atoms with E-state index in [0.29, 0.717) is 6.04 Å². The summed E-state index contributed by atoms with van der Waals surface area (Å²) >= 11 is 5.48. The highest BCUT2D eigenvalue weighted by atomic mass is 79.9. The first-order valence-electron chi connectivity index (χ1n) is 6.85. The van der Waals surface area contributed by atoms with Crippen LogP contribution in [0.3, 0.4) is 0 Å². The summed E-state index contributed by atoms with van der Waals surface area (Å²) in [5, 5.41) is 3.44. The standard InChI is InChI=1S/C15H24BrNOS/c1-4-19-9-5-8-18-15-7-6-14(16)10-13(15)11-17-12(2)3/h6-7,10,12,17H,4-5,8-9,11H2,1-3H3. The molecule has 0 bridgehead atoms. The summed E-state index contributed by atoms with van der Waals surface area (Å²) in [6.45, 7) is 8.14. The van der Waals surface area contributed by atoms with E-state index in [4.69, 9.17) is 4.74 Å². The highest BCUT2D eigenvalue weighted by molar-refractivity contribution is 9.10. The molecule has 0 unspecified atom stereocenters. The van der Waals surface area contributed by atoms with E-state index in [2.05, 4.69) is 48.1 Å². The summed E-state index contributed by atoms with van der Waals surface area (Å²) in [7, 11) is 0. The normalized spacial score (nSPS) is 11.0. The summed E-state index contributed by atoms with van der Waals surface area (Å²) in [4.78, 5) is 0. The number of nitrogens with one attached hydrogen (secondary N) is 1. The minimum absolute atomic E-state index is 0.479. The number of hydrogen-bond donors (Lipinski definition) is 1. The van der Waals surface area contributed by atoms with Crippen LogP contribution in [0.2, 0.25) is 0 Å². The van der Waals surface area contributed by atoms with Gasteiger partial charge in [0.15, 0.2) is 0 Å². The molecule has 0 heterocycles. The van der Waals surface area contributed by atoms with Gasteiger partial charge in [0.05, 0.1) is 6.61 Å². The highest BCUT2D eigenvalue weighted by Gasteiger charge is 2.05. The Kier molecular flexibility index (Phi) is 8.58. The fraction of sp³-hybridized carbons (Fsp3) is 0.600. The maximum absolute atomic E-state index is 5.90. The highest BCUT2D eigenvalue weighted by Crippen LogP contribution is 2.23. The molecule has 0 radical (unpaired) electrons. The molecule has 0 aliphatic heterocycles. The second-order valence-electron chi connectivity index (χ2n) is 4.69. The van der Waals surface area contributed by atoms with Gasteiger partial charge in [-0.2, -0.15) is 11.8 Å². The van der Waals surface area contributed by atoms with Gasteiger partial charge in [-0.05, 0) is 36.1 Å². The Hall–Kier alpha value is -0.190. The second-order valence-corrected chi connectivity index (χ2v) is 7.00. The van der Waals surface area contributed by atoms with Crippen LogP contribution in [0.4, 0.5) is 0 Å². The van der Waals surface area contributed by atoms with Gasteiger partial charge in [0, 0.05) is 22.6 Å². The maximum Gasteiger partial charge on any atom is 0.123 e. The second kappa shape index (κ2) is 9.67. The van der Waals surface area contributed by atoms with Crippen molar-refractivity contribution < 1.29 is 4.74 Å². The molecule has 0 saturated carbocycles. The molecular formula is C15H24BrNOS. The van der Waals surface area contributed by atoms with Crippen LogP contribution in [-0.2, 0) is 6.54 Å². The topological polar surface area (TPSA) is 21.3 Å². The van der Waals surface area contributed by atoms with Gasteiger partial charge in [0.1, 0.15) is 5.75 Å². The van der Waals surface area contributed by atoms with Gasteiger partial charge in [-0.25, -0.2) is 0 Å². The lowest BCUT2D eigenvalue weighted by Crippen LogP contribution is -2.22. The molecule has 0 aliphatic rings. The Labute approximate surface area is 129 Å². The van der Waals surface area contributed by atoms with E-state index >= 15 is 0 Å². The summed E-state index contributed by atoms with van der Waals surface area (Å²) in [6.07, 6.45) is 1.10. The van der Waals surface area contributed by atoms with Crippen molar-refractivity contribution in [3.63, 3.8) is 0 Å². The van der Waals surface area contributed by atoms with Crippen LogP contribution in [0.25, 0.3) is 0 Å². The first-order valence-corrected chi connectivity index (χ1v) is 8.80. The molecule has 4 heteroatoms. The minimum atomic E-state index is 0.479. The summed E-state index contributed by atoms with van der Waals surface area (Å²) in [6, 6.07) is 6.70. The van der Waals surface area contributed by atoms with Crippen LogP contribution in [-0.4, -0.2) is 24.2 Å². The molecule has 1 aromatic rings. The summed E-state index contributed by atoms with van der Waals surface area (Å²) in [5.41, 5.74) is 1.21. The molecule has 0 aliphatic carbocycles. The van der Waals surface area contributed by atoms with Gasteiger partial charge < -0.3 is 10.1 Å². The van der Waals surface area contributed by atoms with Crippen LogP contribution < -0.4 is 10.1 Å². The Morgan fingerprint density at radius 1 is 1.37 bits per heavy atom. The first-order chi connectivity index (χ1) is 9.13. The molecule has 0 amide bonds. The minimum Gasteiger partial charge on any atom is -0.493 e. The Bertz CT molecular complexity index is 371. The lowest BCUT2D eigenvalue weighted by molar-refractivity contribution is 0.314. The Morgan fingerprint density at radius 3 is 2.84 bits per heavy atom. The summed E-state index contributed by atoms with van der Waals surface area (Å²) < 4.78 is 7.00. The van der Waals surface area contributed by atoms with Crippen molar-refractivity contribution in [2.75, 3.05) is 18.1 Å². The van der Waals surface area contributed by atoms with Crippen LogP contribution in [0, 0.1) is 0 Å². The van der Waals surface area contributed by atoms with Crippen molar-refractivity contribution in [3.8, 4) is 5.75 Å². The lowest BCUT2D eigenvalue weighted by Gasteiger charge is -2.14. The van der Waals surface area contributed by atoms with Crippen LogP contribution in [0.1, 0.15) is 32.8 Å². The molecule has 1 aromatic carbocycles. The van der Waals surface area contributed by atoms with Gasteiger partial charge in [0.2, 0.25) is 0 Å².